The van der Waals surface area contributed by atoms with Crippen LogP contribution in [0.2, 0.25) is 0 Å². The normalized spacial score (nSPS) is 13.9. The third kappa shape index (κ3) is 5.94. The van der Waals surface area contributed by atoms with E-state index >= 15 is 0 Å². The average molecular weight is 400 g/mol. The van der Waals surface area contributed by atoms with Gasteiger partial charge in [-0.15, -0.1) is 0 Å². The van der Waals surface area contributed by atoms with Crippen molar-refractivity contribution in [2.75, 3.05) is 45.2 Å². The lowest BCUT2D eigenvalue weighted by molar-refractivity contribution is 0.0951. The Morgan fingerprint density at radius 1 is 1.21 bits per heavy atom. The maximum atomic E-state index is 12.3. The largest absolute Gasteiger partial charge is 0.356 e. The van der Waals surface area contributed by atoms with Gasteiger partial charge in [-0.1, -0.05) is 23.9 Å². The molecule has 0 unspecified atom stereocenters. The van der Waals surface area contributed by atoms with Gasteiger partial charge in [0.05, 0.1) is 0 Å². The van der Waals surface area contributed by atoms with E-state index < -0.39 is 0 Å². The molecule has 3 rings (SSSR count). The van der Waals surface area contributed by atoms with Crippen LogP contribution in [0.4, 0.5) is 5.82 Å². The predicted molar refractivity (Wildman–Crippen MR) is 115 cm³/mol. The number of nitrogens with one attached hydrogen (secondary N) is 1. The van der Waals surface area contributed by atoms with E-state index in [0.717, 1.165) is 47.6 Å². The quantitative estimate of drug-likeness (QED) is 0.544. The van der Waals surface area contributed by atoms with Gasteiger partial charge in [0.25, 0.3) is 5.91 Å². The highest BCUT2D eigenvalue weighted by Crippen LogP contribution is 2.25. The molecule has 1 aromatic carbocycles. The van der Waals surface area contributed by atoms with Crippen LogP contribution in [-0.4, -0.2) is 61.0 Å². The third-order valence-electron chi connectivity index (χ3n) is 4.65. The lowest BCUT2D eigenvalue weighted by Gasteiger charge is -2.17. The Bertz CT molecular complexity index is 805. The molecule has 0 atom stereocenters. The number of aromatic nitrogens is 2. The molecule has 0 bridgehead atoms. The zero-order valence-corrected chi connectivity index (χ0v) is 17.8. The second-order valence-electron chi connectivity index (χ2n) is 7.39. The van der Waals surface area contributed by atoms with Crippen LogP contribution in [0.5, 0.6) is 0 Å². The molecule has 0 saturated carbocycles. The first-order valence-corrected chi connectivity index (χ1v) is 10.7. The van der Waals surface area contributed by atoms with Gasteiger partial charge in [0, 0.05) is 49.3 Å². The van der Waals surface area contributed by atoms with Gasteiger partial charge in [0.1, 0.15) is 5.82 Å². The Morgan fingerprint density at radius 3 is 2.75 bits per heavy atom. The van der Waals surface area contributed by atoms with Crippen LogP contribution in [0, 0.1) is 6.92 Å². The van der Waals surface area contributed by atoms with Crippen molar-refractivity contribution in [2.24, 2.45) is 0 Å². The van der Waals surface area contributed by atoms with Crippen LogP contribution in [0.15, 0.2) is 35.5 Å². The highest BCUT2D eigenvalue weighted by Gasteiger charge is 2.15. The molecule has 2 aromatic rings. The standard InChI is InChI=1S/C21H29N5OS/c1-16-13-19(26-10-4-5-11-26)24-21(23-16)28-15-17-7-6-8-18(14-17)20(27)22-9-12-25(2)3/h6-8,13-14H,4-5,9-12,15H2,1-3H3,(H,22,27). The van der Waals surface area contributed by atoms with Gasteiger partial charge >= 0.3 is 0 Å². The zero-order chi connectivity index (χ0) is 19.9. The molecule has 2 heterocycles. The molecular weight excluding hydrogens is 370 g/mol. The highest BCUT2D eigenvalue weighted by molar-refractivity contribution is 7.98. The van der Waals surface area contributed by atoms with Crippen LogP contribution < -0.4 is 10.2 Å². The minimum atomic E-state index is -0.0307. The Labute approximate surface area is 171 Å². The first-order valence-electron chi connectivity index (χ1n) is 9.76. The van der Waals surface area contributed by atoms with E-state index in [-0.39, 0.29) is 5.91 Å². The summed E-state index contributed by atoms with van der Waals surface area (Å²) in [4.78, 5) is 26.0. The van der Waals surface area contributed by atoms with Gasteiger partial charge in [0.2, 0.25) is 0 Å². The topological polar surface area (TPSA) is 61.4 Å². The summed E-state index contributed by atoms with van der Waals surface area (Å²) < 4.78 is 0. The number of aryl methyl sites for hydroxylation is 1. The monoisotopic (exact) mass is 399 g/mol. The van der Waals surface area contributed by atoms with Crippen LogP contribution in [0.25, 0.3) is 0 Å². The molecule has 0 radical (unpaired) electrons. The molecule has 1 amide bonds. The minimum absolute atomic E-state index is 0.0307. The van der Waals surface area contributed by atoms with E-state index in [4.69, 9.17) is 4.98 Å². The number of amides is 1. The fourth-order valence-electron chi connectivity index (χ4n) is 3.14. The maximum absolute atomic E-state index is 12.3. The molecule has 0 aliphatic carbocycles. The van der Waals surface area contributed by atoms with Crippen molar-refractivity contribution in [1.82, 2.24) is 20.2 Å². The van der Waals surface area contributed by atoms with E-state index in [0.29, 0.717) is 12.1 Å². The molecule has 1 fully saturated rings. The van der Waals surface area contributed by atoms with E-state index in [1.807, 2.05) is 50.2 Å². The van der Waals surface area contributed by atoms with Crippen molar-refractivity contribution in [3.05, 3.63) is 47.2 Å². The molecule has 6 nitrogen and oxygen atoms in total. The lowest BCUT2D eigenvalue weighted by atomic mass is 10.1. The summed E-state index contributed by atoms with van der Waals surface area (Å²) in [6.45, 7) is 5.63. The number of thioether (sulfide) groups is 1. The number of likely N-dealkylation sites (N-methyl/N-ethyl adjacent to an activating group) is 1. The fraction of sp³-hybridized carbons (Fsp3) is 0.476. The van der Waals surface area contributed by atoms with Crippen LogP contribution >= 0.6 is 11.8 Å². The fourth-order valence-corrected chi connectivity index (χ4v) is 3.99. The van der Waals surface area contributed by atoms with Crippen LogP contribution in [0.1, 0.15) is 34.5 Å². The van der Waals surface area contributed by atoms with Crippen molar-refractivity contribution >= 4 is 23.5 Å². The first-order chi connectivity index (χ1) is 13.5. The molecule has 1 aliphatic rings. The smallest absolute Gasteiger partial charge is 0.251 e. The Kier molecular flexibility index (Phi) is 7.28. The number of anilines is 1. The van der Waals surface area contributed by atoms with Gasteiger partial charge in [-0.2, -0.15) is 0 Å². The second kappa shape index (κ2) is 9.89. The minimum Gasteiger partial charge on any atom is -0.356 e. The van der Waals surface area contributed by atoms with Crippen molar-refractivity contribution in [2.45, 2.75) is 30.7 Å². The molecule has 0 spiro atoms. The molecule has 150 valence electrons. The van der Waals surface area contributed by atoms with E-state index in [2.05, 4.69) is 21.3 Å². The number of hydrogen-bond acceptors (Lipinski definition) is 6. The summed E-state index contributed by atoms with van der Waals surface area (Å²) >= 11 is 1.62. The first kappa shape index (κ1) is 20.6. The zero-order valence-electron chi connectivity index (χ0n) is 16.9. The van der Waals surface area contributed by atoms with Gasteiger partial charge in [-0.25, -0.2) is 9.97 Å². The number of benzene rings is 1. The number of carbonyl (C=O) groups excluding carboxylic acids is 1. The summed E-state index contributed by atoms with van der Waals surface area (Å²) in [5, 5.41) is 3.75. The molecule has 1 aliphatic heterocycles. The van der Waals surface area contributed by atoms with Crippen molar-refractivity contribution < 1.29 is 4.79 Å². The van der Waals surface area contributed by atoms with Gasteiger partial charge in [-0.3, -0.25) is 4.79 Å². The van der Waals surface area contributed by atoms with Crippen LogP contribution in [0.3, 0.4) is 0 Å². The van der Waals surface area contributed by atoms with Crippen LogP contribution in [-0.2, 0) is 5.75 Å². The third-order valence-corrected chi connectivity index (χ3v) is 5.57. The molecule has 1 N–H and O–H groups in total. The summed E-state index contributed by atoms with van der Waals surface area (Å²) in [5.74, 6) is 1.74. The Balaban J connectivity index is 1.61. The molecule has 1 saturated heterocycles. The summed E-state index contributed by atoms with van der Waals surface area (Å²) in [7, 11) is 3.99. The highest BCUT2D eigenvalue weighted by atomic mass is 32.2. The number of nitrogens with zero attached hydrogens (tertiary/aromatic N) is 4. The van der Waals surface area contributed by atoms with Crippen molar-refractivity contribution in [3.63, 3.8) is 0 Å². The van der Waals surface area contributed by atoms with Crippen molar-refractivity contribution in [3.8, 4) is 0 Å². The number of hydrogen-bond donors (Lipinski definition) is 1. The van der Waals surface area contributed by atoms with Gasteiger partial charge in [0.15, 0.2) is 5.16 Å². The summed E-state index contributed by atoms with van der Waals surface area (Å²) in [5.41, 5.74) is 2.78. The second-order valence-corrected chi connectivity index (χ2v) is 8.33. The molecule has 1 aromatic heterocycles. The molecule has 28 heavy (non-hydrogen) atoms. The van der Waals surface area contributed by atoms with E-state index in [1.165, 1.54) is 12.8 Å². The van der Waals surface area contributed by atoms with Gasteiger partial charge in [-0.05, 0) is 51.6 Å². The van der Waals surface area contributed by atoms with Gasteiger partial charge < -0.3 is 15.1 Å². The Morgan fingerprint density at radius 2 is 2.00 bits per heavy atom. The van der Waals surface area contributed by atoms with E-state index in [1.54, 1.807) is 11.8 Å². The maximum Gasteiger partial charge on any atom is 0.251 e. The Hall–Kier alpha value is -2.12. The number of carbonyl (C=O) groups is 1. The molecule has 7 heteroatoms. The SMILES string of the molecule is Cc1cc(N2CCCC2)nc(SCc2cccc(C(=O)NCCN(C)C)c2)n1. The molecular formula is C21H29N5OS. The number of rotatable bonds is 8. The summed E-state index contributed by atoms with van der Waals surface area (Å²) in [6.07, 6.45) is 2.46. The van der Waals surface area contributed by atoms with Crippen molar-refractivity contribution in [1.29, 1.82) is 0 Å². The summed E-state index contributed by atoms with van der Waals surface area (Å²) in [6, 6.07) is 9.85. The van der Waals surface area contributed by atoms with E-state index in [9.17, 15) is 4.79 Å². The predicted octanol–water partition coefficient (Wildman–Crippen LogP) is 2.97. The average Bonchev–Trinajstić information content (AvgIpc) is 3.21. The lowest BCUT2D eigenvalue weighted by Crippen LogP contribution is -2.31.